The third-order valence-corrected chi connectivity index (χ3v) is 1.97. The van der Waals surface area contributed by atoms with Gasteiger partial charge in [-0.15, -0.1) is 0 Å². The van der Waals surface area contributed by atoms with Gasteiger partial charge >= 0.3 is 0 Å². The first-order chi connectivity index (χ1) is 7.54. The number of benzene rings is 1. The lowest BCUT2D eigenvalue weighted by Gasteiger charge is -2.03. The second kappa shape index (κ2) is 5.27. The number of nitro benzene ring substituents is 1. The molecule has 1 amide bonds. The normalized spacial score (nSPS) is 10.4. The van der Waals surface area contributed by atoms with Gasteiger partial charge in [0.2, 0.25) is 5.91 Å². The van der Waals surface area contributed by atoms with Crippen LogP contribution in [0.25, 0.3) is 0 Å². The summed E-state index contributed by atoms with van der Waals surface area (Å²) in [5, 5.41) is 13.4. The molecule has 1 rings (SSSR count). The summed E-state index contributed by atoms with van der Waals surface area (Å²) in [4.78, 5) is 21.3. The maximum atomic E-state index is 11.2. The summed E-state index contributed by atoms with van der Waals surface area (Å²) in [6.45, 7) is 1.67. The van der Waals surface area contributed by atoms with E-state index < -0.39 is 10.8 Å². The fourth-order valence-corrected chi connectivity index (χ4v) is 1.27. The molecule has 0 aliphatic rings. The molecule has 0 unspecified atom stereocenters. The van der Waals surface area contributed by atoms with Gasteiger partial charge in [-0.3, -0.25) is 14.9 Å². The minimum absolute atomic E-state index is 0.0839. The summed E-state index contributed by atoms with van der Waals surface area (Å²) < 4.78 is 0. The van der Waals surface area contributed by atoms with Crippen molar-refractivity contribution in [3.05, 3.63) is 45.5 Å². The molecule has 0 spiro atoms. The van der Waals surface area contributed by atoms with E-state index in [1.54, 1.807) is 6.92 Å². The topological polar surface area (TPSA) is 72.2 Å². The average molecular weight is 241 g/mol. The Bertz CT molecular complexity index is 457. The molecule has 6 heteroatoms. The number of allylic oxidation sites excluding steroid dienone is 1. The van der Waals surface area contributed by atoms with Crippen LogP contribution >= 0.6 is 11.6 Å². The van der Waals surface area contributed by atoms with E-state index in [9.17, 15) is 14.9 Å². The Hall–Kier alpha value is -1.88. The minimum atomic E-state index is -0.582. The lowest BCUT2D eigenvalue weighted by molar-refractivity contribution is -0.383. The van der Waals surface area contributed by atoms with E-state index in [-0.39, 0.29) is 11.4 Å². The maximum absolute atomic E-state index is 11.2. The number of carbonyl (C=O) groups is 1. The molecule has 1 aromatic rings. The third-order valence-electron chi connectivity index (χ3n) is 1.73. The van der Waals surface area contributed by atoms with Crippen LogP contribution in [-0.4, -0.2) is 10.8 Å². The standard InChI is InChI=1S/C10H9ClN2O3/c1-2-3-10(14)12-8-6-7(11)4-5-9(8)13(15)16/h2-6H,1H3,(H,12,14). The Morgan fingerprint density at radius 2 is 2.25 bits per heavy atom. The predicted molar refractivity (Wildman–Crippen MR) is 61.6 cm³/mol. The highest BCUT2D eigenvalue weighted by atomic mass is 35.5. The minimum Gasteiger partial charge on any atom is -0.317 e. The van der Waals surface area contributed by atoms with Gasteiger partial charge in [0.1, 0.15) is 5.69 Å². The number of amides is 1. The van der Waals surface area contributed by atoms with E-state index in [1.165, 1.54) is 30.4 Å². The summed E-state index contributed by atoms with van der Waals surface area (Å²) in [5.41, 5.74) is -0.108. The zero-order chi connectivity index (χ0) is 12.1. The van der Waals surface area contributed by atoms with Gasteiger partial charge in [-0.1, -0.05) is 17.7 Å². The van der Waals surface area contributed by atoms with Crippen molar-refractivity contribution in [2.75, 3.05) is 5.32 Å². The molecule has 0 aromatic heterocycles. The average Bonchev–Trinajstić information content (AvgIpc) is 2.17. The van der Waals surface area contributed by atoms with Crippen LogP contribution in [0.4, 0.5) is 11.4 Å². The summed E-state index contributed by atoms with van der Waals surface area (Å²) in [6, 6.07) is 3.97. The van der Waals surface area contributed by atoms with Crippen molar-refractivity contribution < 1.29 is 9.72 Å². The van der Waals surface area contributed by atoms with E-state index >= 15 is 0 Å². The third kappa shape index (κ3) is 3.06. The maximum Gasteiger partial charge on any atom is 0.292 e. The smallest absolute Gasteiger partial charge is 0.292 e. The van der Waals surface area contributed by atoms with Crippen LogP contribution < -0.4 is 5.32 Å². The van der Waals surface area contributed by atoms with Crippen LogP contribution in [0, 0.1) is 10.1 Å². The largest absolute Gasteiger partial charge is 0.317 e. The van der Waals surface area contributed by atoms with Crippen LogP contribution in [0.15, 0.2) is 30.4 Å². The van der Waals surface area contributed by atoms with Gasteiger partial charge < -0.3 is 5.32 Å². The highest BCUT2D eigenvalue weighted by molar-refractivity contribution is 6.31. The Morgan fingerprint density at radius 3 is 2.81 bits per heavy atom. The number of anilines is 1. The van der Waals surface area contributed by atoms with Gasteiger partial charge in [-0.2, -0.15) is 0 Å². The predicted octanol–water partition coefficient (Wildman–Crippen LogP) is 2.76. The highest BCUT2D eigenvalue weighted by Gasteiger charge is 2.14. The molecule has 5 nitrogen and oxygen atoms in total. The second-order valence-corrected chi connectivity index (χ2v) is 3.34. The van der Waals surface area contributed by atoms with Gasteiger partial charge in [0.05, 0.1) is 4.92 Å². The lowest BCUT2D eigenvalue weighted by Crippen LogP contribution is -2.09. The van der Waals surface area contributed by atoms with Gasteiger partial charge in [0.15, 0.2) is 0 Å². The van der Waals surface area contributed by atoms with Crippen LogP contribution in [0.3, 0.4) is 0 Å². The molecular formula is C10H9ClN2O3. The number of rotatable bonds is 3. The number of carbonyl (C=O) groups excluding carboxylic acids is 1. The van der Waals surface area contributed by atoms with Crippen molar-refractivity contribution in [3.63, 3.8) is 0 Å². The quantitative estimate of drug-likeness (QED) is 0.502. The molecule has 0 aliphatic heterocycles. The van der Waals surface area contributed by atoms with E-state index in [2.05, 4.69) is 5.32 Å². The first kappa shape index (κ1) is 12.2. The van der Waals surface area contributed by atoms with Gasteiger partial charge in [-0.05, 0) is 25.1 Å². The van der Waals surface area contributed by atoms with Crippen molar-refractivity contribution in [1.29, 1.82) is 0 Å². The monoisotopic (exact) mass is 240 g/mol. The van der Waals surface area contributed by atoms with Gasteiger partial charge in [0.25, 0.3) is 5.69 Å². The molecule has 1 aromatic carbocycles. The Balaban J connectivity index is 3.05. The molecule has 0 saturated heterocycles. The highest BCUT2D eigenvalue weighted by Crippen LogP contribution is 2.27. The Labute approximate surface area is 96.9 Å². The Kier molecular flexibility index (Phi) is 4.02. The molecule has 0 saturated carbocycles. The number of nitrogens with zero attached hydrogens (tertiary/aromatic N) is 1. The van der Waals surface area contributed by atoms with E-state index in [4.69, 9.17) is 11.6 Å². The number of hydrogen-bond donors (Lipinski definition) is 1. The summed E-state index contributed by atoms with van der Waals surface area (Å²) >= 11 is 5.69. The first-order valence-electron chi connectivity index (χ1n) is 4.42. The second-order valence-electron chi connectivity index (χ2n) is 2.91. The molecule has 0 aliphatic carbocycles. The number of nitrogens with one attached hydrogen (secondary N) is 1. The van der Waals surface area contributed by atoms with Crippen molar-refractivity contribution in [2.24, 2.45) is 0 Å². The number of hydrogen-bond acceptors (Lipinski definition) is 3. The zero-order valence-corrected chi connectivity index (χ0v) is 9.19. The number of halogens is 1. The molecule has 84 valence electrons. The zero-order valence-electron chi connectivity index (χ0n) is 8.44. The molecule has 0 heterocycles. The molecule has 16 heavy (non-hydrogen) atoms. The summed E-state index contributed by atoms with van der Waals surface area (Å²) in [6.07, 6.45) is 2.80. The van der Waals surface area contributed by atoms with Crippen LogP contribution in [0.5, 0.6) is 0 Å². The van der Waals surface area contributed by atoms with Crippen LogP contribution in [-0.2, 0) is 4.79 Å². The van der Waals surface area contributed by atoms with Gasteiger partial charge in [-0.25, -0.2) is 0 Å². The molecule has 0 bridgehead atoms. The number of nitro groups is 1. The van der Waals surface area contributed by atoms with E-state index in [1.807, 2.05) is 0 Å². The van der Waals surface area contributed by atoms with Crippen molar-refractivity contribution in [3.8, 4) is 0 Å². The first-order valence-corrected chi connectivity index (χ1v) is 4.80. The molecule has 0 atom stereocenters. The molecule has 0 radical (unpaired) electrons. The summed E-state index contributed by atoms with van der Waals surface area (Å²) in [5.74, 6) is -0.437. The van der Waals surface area contributed by atoms with E-state index in [0.29, 0.717) is 5.02 Å². The SMILES string of the molecule is CC=CC(=O)Nc1cc(Cl)ccc1[N+](=O)[O-]. The molecular weight excluding hydrogens is 232 g/mol. The summed E-state index contributed by atoms with van der Waals surface area (Å²) in [7, 11) is 0. The van der Waals surface area contributed by atoms with E-state index in [0.717, 1.165) is 0 Å². The fourth-order valence-electron chi connectivity index (χ4n) is 1.09. The van der Waals surface area contributed by atoms with Crippen molar-refractivity contribution in [1.82, 2.24) is 0 Å². The lowest BCUT2D eigenvalue weighted by atomic mass is 10.2. The van der Waals surface area contributed by atoms with Gasteiger partial charge in [0, 0.05) is 11.1 Å². The fraction of sp³-hybridized carbons (Fsp3) is 0.100. The molecule has 1 N–H and O–H groups in total. The Morgan fingerprint density at radius 1 is 1.56 bits per heavy atom. The van der Waals surface area contributed by atoms with Crippen LogP contribution in [0.1, 0.15) is 6.92 Å². The van der Waals surface area contributed by atoms with Crippen LogP contribution in [0.2, 0.25) is 5.02 Å². The van der Waals surface area contributed by atoms with Crippen molar-refractivity contribution in [2.45, 2.75) is 6.92 Å². The molecule has 0 fully saturated rings. The van der Waals surface area contributed by atoms with Crippen molar-refractivity contribution >= 4 is 28.9 Å².